The fraction of sp³-hybridized carbons (Fsp3) is 0.471. The Bertz CT molecular complexity index is 664. The summed E-state index contributed by atoms with van der Waals surface area (Å²) in [5.74, 6) is -1.62. The molecule has 1 aliphatic rings. The number of hydrogen-bond acceptors (Lipinski definition) is 5. The van der Waals surface area contributed by atoms with Gasteiger partial charge in [0.15, 0.2) is 6.61 Å². The Morgan fingerprint density at radius 3 is 2.68 bits per heavy atom. The van der Waals surface area contributed by atoms with Crippen molar-refractivity contribution in [3.63, 3.8) is 0 Å². The highest BCUT2D eigenvalue weighted by atomic mass is 35.5. The summed E-state index contributed by atoms with van der Waals surface area (Å²) in [5, 5.41) is 14.8. The topological polar surface area (TPSA) is 105 Å². The van der Waals surface area contributed by atoms with E-state index < -0.39 is 24.5 Å². The van der Waals surface area contributed by atoms with Crippen LogP contribution in [0.25, 0.3) is 0 Å². The van der Waals surface area contributed by atoms with Gasteiger partial charge in [-0.25, -0.2) is 9.59 Å². The van der Waals surface area contributed by atoms with Gasteiger partial charge in [0.05, 0.1) is 0 Å². The van der Waals surface area contributed by atoms with E-state index in [1.807, 2.05) is 0 Å². The summed E-state index contributed by atoms with van der Waals surface area (Å²) in [6.45, 7) is 1.43. The number of ether oxygens (including phenoxy) is 1. The van der Waals surface area contributed by atoms with Crippen molar-refractivity contribution < 1.29 is 24.2 Å². The third kappa shape index (κ3) is 5.63. The van der Waals surface area contributed by atoms with Crippen molar-refractivity contribution >= 4 is 29.5 Å². The molecular formula is C17H21ClN2O5. The Labute approximate surface area is 150 Å². The van der Waals surface area contributed by atoms with Crippen LogP contribution in [0.2, 0.25) is 5.02 Å². The minimum Gasteiger partial charge on any atom is -0.507 e. The number of aromatic hydroxyl groups is 1. The fourth-order valence-corrected chi connectivity index (χ4v) is 2.95. The quantitative estimate of drug-likeness (QED) is 0.708. The Hall–Kier alpha value is -2.28. The molecule has 25 heavy (non-hydrogen) atoms. The molecule has 0 radical (unpaired) electrons. The predicted octanol–water partition coefficient (Wildman–Crippen LogP) is 2.61. The number of nitrogens with one attached hydrogen (secondary N) is 2. The molecule has 2 atom stereocenters. The average Bonchev–Trinajstić information content (AvgIpc) is 2.54. The molecule has 2 rings (SSSR count). The molecule has 0 heterocycles. The van der Waals surface area contributed by atoms with Crippen LogP contribution in [0.5, 0.6) is 5.75 Å². The molecule has 3 N–H and O–H groups in total. The molecule has 1 aromatic rings. The van der Waals surface area contributed by atoms with Crippen molar-refractivity contribution in [3.05, 3.63) is 28.8 Å². The maximum absolute atomic E-state index is 11.8. The monoisotopic (exact) mass is 368 g/mol. The van der Waals surface area contributed by atoms with Crippen molar-refractivity contribution in [1.29, 1.82) is 0 Å². The highest BCUT2D eigenvalue weighted by Gasteiger charge is 2.23. The van der Waals surface area contributed by atoms with E-state index in [-0.39, 0.29) is 22.4 Å². The van der Waals surface area contributed by atoms with Gasteiger partial charge in [-0.2, -0.15) is 0 Å². The van der Waals surface area contributed by atoms with Gasteiger partial charge in [0, 0.05) is 11.1 Å². The number of hydrogen-bond donors (Lipinski definition) is 3. The molecule has 8 heteroatoms. The minimum absolute atomic E-state index is 0.0371. The molecule has 3 amide bonds. The van der Waals surface area contributed by atoms with Crippen LogP contribution in [0.1, 0.15) is 43.0 Å². The van der Waals surface area contributed by atoms with E-state index >= 15 is 0 Å². The number of amides is 3. The van der Waals surface area contributed by atoms with E-state index in [9.17, 15) is 19.5 Å². The van der Waals surface area contributed by atoms with Crippen LogP contribution in [-0.4, -0.2) is 35.7 Å². The number of phenolic OH excluding ortho intramolecular Hbond substituents is 1. The highest BCUT2D eigenvalue weighted by molar-refractivity contribution is 6.30. The minimum atomic E-state index is -0.884. The van der Waals surface area contributed by atoms with Crippen molar-refractivity contribution in [2.75, 3.05) is 6.61 Å². The van der Waals surface area contributed by atoms with Gasteiger partial charge in [0.25, 0.3) is 5.91 Å². The zero-order chi connectivity index (χ0) is 18.4. The lowest BCUT2D eigenvalue weighted by Crippen LogP contribution is -2.48. The predicted molar refractivity (Wildman–Crippen MR) is 91.5 cm³/mol. The van der Waals surface area contributed by atoms with Crippen molar-refractivity contribution in [2.24, 2.45) is 5.92 Å². The van der Waals surface area contributed by atoms with Crippen molar-refractivity contribution in [3.8, 4) is 5.75 Å². The third-order valence-corrected chi connectivity index (χ3v) is 4.43. The van der Waals surface area contributed by atoms with E-state index in [0.717, 1.165) is 25.7 Å². The second-order valence-electron chi connectivity index (χ2n) is 6.13. The van der Waals surface area contributed by atoms with Crippen LogP contribution in [0.15, 0.2) is 18.2 Å². The van der Waals surface area contributed by atoms with E-state index in [1.165, 1.54) is 18.2 Å². The first-order valence-corrected chi connectivity index (χ1v) is 8.50. The van der Waals surface area contributed by atoms with Gasteiger partial charge >= 0.3 is 12.0 Å². The normalized spacial score (nSPS) is 19.8. The lowest BCUT2D eigenvalue weighted by Gasteiger charge is -2.29. The largest absolute Gasteiger partial charge is 0.507 e. The van der Waals surface area contributed by atoms with Crippen LogP contribution >= 0.6 is 11.6 Å². The molecule has 1 saturated carbocycles. The number of esters is 1. The number of halogens is 1. The zero-order valence-corrected chi connectivity index (χ0v) is 14.6. The van der Waals surface area contributed by atoms with Crippen LogP contribution in [0, 0.1) is 5.92 Å². The van der Waals surface area contributed by atoms with Gasteiger partial charge < -0.3 is 15.2 Å². The molecule has 0 spiro atoms. The lowest BCUT2D eigenvalue weighted by molar-refractivity contribution is -0.123. The first-order valence-electron chi connectivity index (χ1n) is 8.13. The molecule has 0 aliphatic heterocycles. The third-order valence-electron chi connectivity index (χ3n) is 4.19. The summed E-state index contributed by atoms with van der Waals surface area (Å²) in [7, 11) is 0. The Kier molecular flexibility index (Phi) is 6.64. The summed E-state index contributed by atoms with van der Waals surface area (Å²) >= 11 is 5.68. The first kappa shape index (κ1) is 19.1. The van der Waals surface area contributed by atoms with E-state index in [4.69, 9.17) is 16.3 Å². The van der Waals surface area contributed by atoms with Crippen LogP contribution in [0.4, 0.5) is 4.79 Å². The average molecular weight is 369 g/mol. The lowest BCUT2D eigenvalue weighted by atomic mass is 9.86. The summed E-state index contributed by atoms with van der Waals surface area (Å²) < 4.78 is 4.79. The number of benzene rings is 1. The highest BCUT2D eigenvalue weighted by Crippen LogP contribution is 2.24. The first-order chi connectivity index (χ1) is 11.9. The van der Waals surface area contributed by atoms with Gasteiger partial charge in [-0.15, -0.1) is 0 Å². The molecule has 136 valence electrons. The summed E-state index contributed by atoms with van der Waals surface area (Å²) in [5.41, 5.74) is -0.113. The Balaban J connectivity index is 1.77. The van der Waals surface area contributed by atoms with Gasteiger partial charge in [0.1, 0.15) is 11.3 Å². The summed E-state index contributed by atoms with van der Waals surface area (Å²) in [6.07, 6.45) is 4.12. The SMILES string of the molecule is C[C@H]1CCCC[C@@H]1NC(=O)NC(=O)COC(=O)c1ccc(Cl)cc1O. The van der Waals surface area contributed by atoms with Crippen LogP contribution < -0.4 is 10.6 Å². The van der Waals surface area contributed by atoms with Crippen LogP contribution in [0.3, 0.4) is 0 Å². The number of urea groups is 1. The maximum Gasteiger partial charge on any atom is 0.342 e. The van der Waals surface area contributed by atoms with Crippen molar-refractivity contribution in [2.45, 2.75) is 38.6 Å². The van der Waals surface area contributed by atoms with Gasteiger partial charge in [0.2, 0.25) is 0 Å². The van der Waals surface area contributed by atoms with E-state index in [0.29, 0.717) is 5.92 Å². The summed E-state index contributed by atoms with van der Waals surface area (Å²) in [6, 6.07) is 3.33. The van der Waals surface area contributed by atoms with Gasteiger partial charge in [-0.1, -0.05) is 31.4 Å². The molecule has 0 aromatic heterocycles. The molecule has 7 nitrogen and oxygen atoms in total. The molecular weight excluding hydrogens is 348 g/mol. The Morgan fingerprint density at radius 1 is 1.28 bits per heavy atom. The fourth-order valence-electron chi connectivity index (χ4n) is 2.78. The Morgan fingerprint density at radius 2 is 2.00 bits per heavy atom. The number of imide groups is 1. The van der Waals surface area contributed by atoms with Gasteiger partial charge in [-0.05, 0) is 37.0 Å². The summed E-state index contributed by atoms with van der Waals surface area (Å²) in [4.78, 5) is 35.4. The molecule has 1 fully saturated rings. The second-order valence-corrected chi connectivity index (χ2v) is 6.56. The van der Waals surface area contributed by atoms with Crippen LogP contribution in [-0.2, 0) is 9.53 Å². The van der Waals surface area contributed by atoms with E-state index in [2.05, 4.69) is 17.6 Å². The number of carbonyl (C=O) groups is 3. The molecule has 0 bridgehead atoms. The zero-order valence-electron chi connectivity index (χ0n) is 13.9. The second kappa shape index (κ2) is 8.71. The number of rotatable bonds is 4. The van der Waals surface area contributed by atoms with Gasteiger partial charge in [-0.3, -0.25) is 10.1 Å². The maximum atomic E-state index is 11.8. The smallest absolute Gasteiger partial charge is 0.342 e. The molecule has 0 saturated heterocycles. The number of carbonyl (C=O) groups excluding carboxylic acids is 3. The van der Waals surface area contributed by atoms with Crippen molar-refractivity contribution in [1.82, 2.24) is 10.6 Å². The van der Waals surface area contributed by atoms with E-state index in [1.54, 1.807) is 0 Å². The number of phenols is 1. The molecule has 1 aromatic carbocycles. The molecule has 1 aliphatic carbocycles. The molecule has 0 unspecified atom stereocenters. The standard InChI is InChI=1S/C17H21ClN2O5/c1-10-4-2-3-5-13(10)19-17(24)20-15(22)9-25-16(23)12-7-6-11(18)8-14(12)21/h6-8,10,13,21H,2-5,9H2,1H3,(H2,19,20,22,24)/t10-,13-/m0/s1.